The lowest BCUT2D eigenvalue weighted by Crippen LogP contribution is -2.32. The first-order chi connectivity index (χ1) is 9.49. The van der Waals surface area contributed by atoms with E-state index in [-0.39, 0.29) is 12.0 Å². The summed E-state index contributed by atoms with van der Waals surface area (Å²) in [6, 6.07) is 7.43. The van der Waals surface area contributed by atoms with Crippen LogP contribution in [0.3, 0.4) is 0 Å². The van der Waals surface area contributed by atoms with Gasteiger partial charge in [-0.1, -0.05) is 12.1 Å². The van der Waals surface area contributed by atoms with E-state index in [1.807, 2.05) is 38.1 Å². The quantitative estimate of drug-likeness (QED) is 0.626. The van der Waals surface area contributed by atoms with Crippen LogP contribution in [0.2, 0.25) is 0 Å². The topological polar surface area (TPSA) is 70.6 Å². The summed E-state index contributed by atoms with van der Waals surface area (Å²) in [5, 5.41) is 15.8. The van der Waals surface area contributed by atoms with Crippen molar-refractivity contribution in [1.82, 2.24) is 10.6 Å². The lowest BCUT2D eigenvalue weighted by Gasteiger charge is -2.14. The van der Waals surface area contributed by atoms with Gasteiger partial charge in [0, 0.05) is 26.6 Å². The van der Waals surface area contributed by atoms with Crippen molar-refractivity contribution in [2.45, 2.75) is 33.0 Å². The summed E-state index contributed by atoms with van der Waals surface area (Å²) in [4.78, 5) is 10.7. The van der Waals surface area contributed by atoms with Crippen LogP contribution in [0.4, 0.5) is 0 Å². The summed E-state index contributed by atoms with van der Waals surface area (Å²) in [6.45, 7) is 7.07. The van der Waals surface area contributed by atoms with Crippen LogP contribution >= 0.6 is 0 Å². The van der Waals surface area contributed by atoms with E-state index in [1.165, 1.54) is 6.92 Å². The molecule has 1 aromatic carbocycles. The Labute approximate surface area is 120 Å². The first-order valence-electron chi connectivity index (χ1n) is 6.89. The fourth-order valence-corrected chi connectivity index (χ4v) is 1.72. The predicted molar refractivity (Wildman–Crippen MR) is 78.7 cm³/mol. The number of carbonyl (C=O) groups excluding carboxylic acids is 1. The zero-order chi connectivity index (χ0) is 15.0. The summed E-state index contributed by atoms with van der Waals surface area (Å²) in [7, 11) is 0. The molecule has 20 heavy (non-hydrogen) atoms. The van der Waals surface area contributed by atoms with Crippen LogP contribution in [0.5, 0.6) is 5.75 Å². The molecule has 0 bridgehead atoms. The number of nitrogens with one attached hydrogen (secondary N) is 2. The summed E-state index contributed by atoms with van der Waals surface area (Å²) in [5.41, 5.74) is 0.841. The van der Waals surface area contributed by atoms with Crippen LogP contribution in [-0.4, -0.2) is 36.8 Å². The first-order valence-corrected chi connectivity index (χ1v) is 6.89. The largest absolute Gasteiger partial charge is 0.491 e. The standard InChI is InChI=1S/C15H24N2O3/c1-11(2)20-14-6-4-13(5-7-14)15(19)10-16-8-9-17-12(3)18/h4-7,11,15-16,19H,8-10H2,1-3H3,(H,17,18). The molecule has 1 aromatic rings. The number of carbonyl (C=O) groups is 1. The average molecular weight is 280 g/mol. The van der Waals surface area contributed by atoms with E-state index in [0.717, 1.165) is 11.3 Å². The minimum atomic E-state index is -0.569. The highest BCUT2D eigenvalue weighted by atomic mass is 16.5. The van der Waals surface area contributed by atoms with Crippen molar-refractivity contribution in [2.75, 3.05) is 19.6 Å². The van der Waals surface area contributed by atoms with Crippen LogP contribution in [0.15, 0.2) is 24.3 Å². The van der Waals surface area contributed by atoms with Crippen LogP contribution < -0.4 is 15.4 Å². The van der Waals surface area contributed by atoms with E-state index in [0.29, 0.717) is 19.6 Å². The number of ether oxygens (including phenoxy) is 1. The number of aliphatic hydroxyl groups excluding tert-OH is 1. The summed E-state index contributed by atoms with van der Waals surface area (Å²) >= 11 is 0. The SMILES string of the molecule is CC(=O)NCCNCC(O)c1ccc(OC(C)C)cc1. The Morgan fingerprint density at radius 3 is 2.45 bits per heavy atom. The number of hydrogen-bond acceptors (Lipinski definition) is 4. The third-order valence-corrected chi connectivity index (χ3v) is 2.65. The maximum Gasteiger partial charge on any atom is 0.216 e. The highest BCUT2D eigenvalue weighted by Crippen LogP contribution is 2.18. The normalized spacial score (nSPS) is 12.2. The minimum absolute atomic E-state index is 0.0481. The summed E-state index contributed by atoms with van der Waals surface area (Å²) in [6.07, 6.45) is -0.429. The van der Waals surface area contributed by atoms with E-state index in [4.69, 9.17) is 4.74 Å². The molecule has 3 N–H and O–H groups in total. The monoisotopic (exact) mass is 280 g/mol. The van der Waals surface area contributed by atoms with Gasteiger partial charge in [-0.2, -0.15) is 0 Å². The van der Waals surface area contributed by atoms with Crippen LogP contribution in [0.1, 0.15) is 32.4 Å². The highest BCUT2D eigenvalue weighted by molar-refractivity contribution is 5.72. The molecule has 0 aromatic heterocycles. The van der Waals surface area contributed by atoms with Gasteiger partial charge in [0.2, 0.25) is 5.91 Å². The van der Waals surface area contributed by atoms with Gasteiger partial charge in [-0.3, -0.25) is 4.79 Å². The van der Waals surface area contributed by atoms with Crippen molar-refractivity contribution in [3.63, 3.8) is 0 Å². The predicted octanol–water partition coefficient (Wildman–Crippen LogP) is 1.23. The molecular weight excluding hydrogens is 256 g/mol. The third-order valence-electron chi connectivity index (χ3n) is 2.65. The van der Waals surface area contributed by atoms with Crippen LogP contribution in [0.25, 0.3) is 0 Å². The highest BCUT2D eigenvalue weighted by Gasteiger charge is 2.07. The fraction of sp³-hybridized carbons (Fsp3) is 0.533. The molecule has 0 saturated heterocycles. The molecule has 0 heterocycles. The maximum atomic E-state index is 10.7. The van der Waals surface area contributed by atoms with Gasteiger partial charge in [-0.25, -0.2) is 0 Å². The molecular formula is C15H24N2O3. The van der Waals surface area contributed by atoms with Crippen molar-refractivity contribution >= 4 is 5.91 Å². The van der Waals surface area contributed by atoms with Crippen molar-refractivity contribution in [1.29, 1.82) is 0 Å². The van der Waals surface area contributed by atoms with Gasteiger partial charge in [-0.15, -0.1) is 0 Å². The number of benzene rings is 1. The van der Waals surface area contributed by atoms with Crippen LogP contribution in [-0.2, 0) is 4.79 Å². The second kappa shape index (κ2) is 8.55. The molecule has 0 aliphatic rings. The summed E-state index contributed by atoms with van der Waals surface area (Å²) < 4.78 is 5.55. The van der Waals surface area contributed by atoms with Gasteiger partial charge in [0.1, 0.15) is 5.75 Å². The number of hydrogen-bond donors (Lipinski definition) is 3. The van der Waals surface area contributed by atoms with Gasteiger partial charge in [0.25, 0.3) is 0 Å². The molecule has 1 unspecified atom stereocenters. The first kappa shape index (κ1) is 16.5. The Balaban J connectivity index is 2.32. The van der Waals surface area contributed by atoms with Gasteiger partial charge in [0.05, 0.1) is 12.2 Å². The molecule has 0 aliphatic carbocycles. The van der Waals surface area contributed by atoms with Crippen LogP contribution in [0, 0.1) is 0 Å². The second-order valence-corrected chi connectivity index (χ2v) is 4.94. The number of aliphatic hydroxyl groups is 1. The maximum absolute atomic E-state index is 10.7. The Morgan fingerprint density at radius 2 is 1.90 bits per heavy atom. The molecule has 5 nitrogen and oxygen atoms in total. The van der Waals surface area contributed by atoms with Gasteiger partial charge in [-0.05, 0) is 31.5 Å². The fourth-order valence-electron chi connectivity index (χ4n) is 1.72. The van der Waals surface area contributed by atoms with Crippen molar-refractivity contribution < 1.29 is 14.6 Å². The second-order valence-electron chi connectivity index (χ2n) is 4.94. The lowest BCUT2D eigenvalue weighted by molar-refractivity contribution is -0.118. The molecule has 0 aliphatic heterocycles. The molecule has 1 rings (SSSR count). The lowest BCUT2D eigenvalue weighted by atomic mass is 10.1. The molecule has 1 amide bonds. The Kier molecular flexibility index (Phi) is 7.04. The molecule has 112 valence electrons. The van der Waals surface area contributed by atoms with E-state index in [9.17, 15) is 9.90 Å². The zero-order valence-electron chi connectivity index (χ0n) is 12.3. The average Bonchev–Trinajstić information content (AvgIpc) is 2.38. The number of rotatable bonds is 8. The molecule has 0 radical (unpaired) electrons. The van der Waals surface area contributed by atoms with Crippen molar-refractivity contribution in [2.24, 2.45) is 0 Å². The summed E-state index contributed by atoms with van der Waals surface area (Å²) in [5.74, 6) is 0.752. The van der Waals surface area contributed by atoms with Gasteiger partial charge < -0.3 is 20.5 Å². The van der Waals surface area contributed by atoms with Crippen molar-refractivity contribution in [3.05, 3.63) is 29.8 Å². The number of amides is 1. The third kappa shape index (κ3) is 6.54. The van der Waals surface area contributed by atoms with E-state index in [1.54, 1.807) is 0 Å². The van der Waals surface area contributed by atoms with E-state index in [2.05, 4.69) is 10.6 Å². The van der Waals surface area contributed by atoms with Gasteiger partial charge >= 0.3 is 0 Å². The van der Waals surface area contributed by atoms with Gasteiger partial charge in [0.15, 0.2) is 0 Å². The Hall–Kier alpha value is -1.59. The molecule has 5 heteroatoms. The van der Waals surface area contributed by atoms with Crippen molar-refractivity contribution in [3.8, 4) is 5.75 Å². The Bertz CT molecular complexity index is 404. The Morgan fingerprint density at radius 1 is 1.25 bits per heavy atom. The minimum Gasteiger partial charge on any atom is -0.491 e. The molecule has 0 spiro atoms. The molecule has 0 fully saturated rings. The molecule has 0 saturated carbocycles. The van der Waals surface area contributed by atoms with E-state index < -0.39 is 6.10 Å². The smallest absolute Gasteiger partial charge is 0.216 e. The zero-order valence-corrected chi connectivity index (χ0v) is 12.3. The molecule has 1 atom stereocenters. The van der Waals surface area contributed by atoms with E-state index >= 15 is 0 Å².